The van der Waals surface area contributed by atoms with Crippen molar-refractivity contribution in [3.63, 3.8) is 0 Å². The van der Waals surface area contributed by atoms with E-state index in [2.05, 4.69) is 0 Å². The van der Waals surface area contributed by atoms with Crippen LogP contribution in [0.15, 0.2) is 24.3 Å². The highest BCUT2D eigenvalue weighted by Crippen LogP contribution is 2.28. The van der Waals surface area contributed by atoms with Gasteiger partial charge in [-0.15, -0.1) is 0 Å². The molecule has 0 aliphatic rings. The fourth-order valence-electron chi connectivity index (χ4n) is 1.96. The molecular formula is C17H26N4O2. The standard InChI is InChI=1S/C9H14N2O.C8H12N2O/c1-3-12-9-4-6(2)7(10)5-8(9)11;1-5-3-6(9)8(10)7(4-5)11-2/h4-5H,3,10-11H2,1-2H3;3-4H,9-10H2,1-2H3. The minimum Gasteiger partial charge on any atom is -0.495 e. The minimum absolute atomic E-state index is 0.512. The molecule has 0 bridgehead atoms. The second-order valence-corrected chi connectivity index (χ2v) is 5.15. The highest BCUT2D eigenvalue weighted by atomic mass is 16.5. The Bertz CT molecular complexity index is 672. The SMILES string of the molecule is CCOc1cc(C)c(N)cc1N.COc1cc(C)cc(N)c1N. The Hall–Kier alpha value is -2.76. The van der Waals surface area contributed by atoms with Gasteiger partial charge in [-0.3, -0.25) is 0 Å². The second-order valence-electron chi connectivity index (χ2n) is 5.15. The number of rotatable bonds is 3. The number of benzene rings is 2. The molecule has 0 spiro atoms. The van der Waals surface area contributed by atoms with Gasteiger partial charge in [-0.1, -0.05) is 0 Å². The zero-order chi connectivity index (χ0) is 17.6. The second kappa shape index (κ2) is 8.03. The first-order chi connectivity index (χ1) is 10.8. The summed E-state index contributed by atoms with van der Waals surface area (Å²) >= 11 is 0. The lowest BCUT2D eigenvalue weighted by molar-refractivity contribution is 0.342. The molecule has 0 saturated carbocycles. The predicted octanol–water partition coefficient (Wildman–Crippen LogP) is 2.73. The molecule has 0 radical (unpaired) electrons. The summed E-state index contributed by atoms with van der Waals surface area (Å²) < 4.78 is 10.3. The van der Waals surface area contributed by atoms with Crippen molar-refractivity contribution < 1.29 is 9.47 Å². The van der Waals surface area contributed by atoms with Crippen LogP contribution >= 0.6 is 0 Å². The molecule has 0 heterocycles. The van der Waals surface area contributed by atoms with E-state index >= 15 is 0 Å². The van der Waals surface area contributed by atoms with Gasteiger partial charge >= 0.3 is 0 Å². The van der Waals surface area contributed by atoms with E-state index in [1.807, 2.05) is 39.0 Å². The number of ether oxygens (including phenoxy) is 2. The Labute approximate surface area is 137 Å². The summed E-state index contributed by atoms with van der Waals surface area (Å²) in [4.78, 5) is 0. The predicted molar refractivity (Wildman–Crippen MR) is 97.7 cm³/mol. The molecule has 0 aromatic heterocycles. The summed E-state index contributed by atoms with van der Waals surface area (Å²) in [6, 6.07) is 7.25. The highest BCUT2D eigenvalue weighted by molar-refractivity contribution is 5.71. The lowest BCUT2D eigenvalue weighted by Gasteiger charge is -2.09. The zero-order valence-electron chi connectivity index (χ0n) is 14.1. The van der Waals surface area contributed by atoms with Crippen LogP contribution in [-0.4, -0.2) is 13.7 Å². The number of nitrogens with two attached hydrogens (primary N) is 4. The maximum atomic E-state index is 5.67. The number of hydrogen-bond acceptors (Lipinski definition) is 6. The van der Waals surface area contributed by atoms with E-state index in [0.29, 0.717) is 40.9 Å². The summed E-state index contributed by atoms with van der Waals surface area (Å²) in [5, 5.41) is 0. The molecule has 2 aromatic carbocycles. The summed E-state index contributed by atoms with van der Waals surface area (Å²) in [6.45, 7) is 6.41. The van der Waals surface area contributed by atoms with E-state index in [-0.39, 0.29) is 0 Å². The number of anilines is 4. The third-order valence-corrected chi connectivity index (χ3v) is 3.24. The summed E-state index contributed by atoms with van der Waals surface area (Å²) in [5.41, 5.74) is 27.0. The van der Waals surface area contributed by atoms with Crippen molar-refractivity contribution in [3.8, 4) is 11.5 Å². The number of methoxy groups -OCH3 is 1. The maximum Gasteiger partial charge on any atom is 0.144 e. The van der Waals surface area contributed by atoms with Crippen molar-refractivity contribution in [2.24, 2.45) is 0 Å². The van der Waals surface area contributed by atoms with Crippen molar-refractivity contribution in [2.45, 2.75) is 20.8 Å². The van der Waals surface area contributed by atoms with Gasteiger partial charge in [-0.25, -0.2) is 0 Å². The molecule has 0 unspecified atom stereocenters. The smallest absolute Gasteiger partial charge is 0.144 e. The first kappa shape index (κ1) is 18.3. The average Bonchev–Trinajstić information content (AvgIpc) is 2.49. The van der Waals surface area contributed by atoms with Gasteiger partial charge in [0, 0.05) is 5.69 Å². The maximum absolute atomic E-state index is 5.67. The van der Waals surface area contributed by atoms with Crippen LogP contribution in [0.2, 0.25) is 0 Å². The molecule has 0 atom stereocenters. The average molecular weight is 318 g/mol. The molecule has 2 aromatic rings. The molecule has 126 valence electrons. The molecule has 0 amide bonds. The van der Waals surface area contributed by atoms with Gasteiger partial charge in [-0.2, -0.15) is 0 Å². The lowest BCUT2D eigenvalue weighted by Crippen LogP contribution is -1.99. The Morgan fingerprint density at radius 2 is 1.48 bits per heavy atom. The van der Waals surface area contributed by atoms with Crippen LogP contribution in [0.25, 0.3) is 0 Å². The van der Waals surface area contributed by atoms with Crippen LogP contribution in [0.1, 0.15) is 18.1 Å². The minimum atomic E-state index is 0.512. The largest absolute Gasteiger partial charge is 0.495 e. The molecule has 6 nitrogen and oxygen atoms in total. The number of hydrogen-bond donors (Lipinski definition) is 4. The topological polar surface area (TPSA) is 123 Å². The van der Waals surface area contributed by atoms with Gasteiger partial charge in [-0.05, 0) is 56.2 Å². The van der Waals surface area contributed by atoms with Crippen molar-refractivity contribution in [1.82, 2.24) is 0 Å². The Morgan fingerprint density at radius 3 is 2.04 bits per heavy atom. The van der Waals surface area contributed by atoms with E-state index in [1.54, 1.807) is 13.2 Å². The fourth-order valence-corrected chi connectivity index (χ4v) is 1.96. The van der Waals surface area contributed by atoms with Gasteiger partial charge in [0.25, 0.3) is 0 Å². The van der Waals surface area contributed by atoms with Gasteiger partial charge in [0.05, 0.1) is 30.8 Å². The number of aryl methyl sites for hydroxylation is 2. The first-order valence-corrected chi connectivity index (χ1v) is 7.28. The van der Waals surface area contributed by atoms with Crippen LogP contribution in [-0.2, 0) is 0 Å². The van der Waals surface area contributed by atoms with Crippen molar-refractivity contribution in [3.05, 3.63) is 35.4 Å². The van der Waals surface area contributed by atoms with Crippen LogP contribution in [0, 0.1) is 13.8 Å². The highest BCUT2D eigenvalue weighted by Gasteiger charge is 2.03. The molecule has 6 heteroatoms. The molecular weight excluding hydrogens is 292 g/mol. The summed E-state index contributed by atoms with van der Waals surface area (Å²) in [5.74, 6) is 1.35. The van der Waals surface area contributed by atoms with Gasteiger partial charge in [0.2, 0.25) is 0 Å². The normalized spacial score (nSPS) is 9.74. The van der Waals surface area contributed by atoms with E-state index < -0.39 is 0 Å². The fraction of sp³-hybridized carbons (Fsp3) is 0.294. The number of nitrogen functional groups attached to an aromatic ring is 4. The van der Waals surface area contributed by atoms with E-state index in [9.17, 15) is 0 Å². The van der Waals surface area contributed by atoms with Crippen molar-refractivity contribution in [2.75, 3.05) is 36.7 Å². The first-order valence-electron chi connectivity index (χ1n) is 7.28. The van der Waals surface area contributed by atoms with E-state index in [4.69, 9.17) is 32.4 Å². The molecule has 0 aliphatic heterocycles. The summed E-state index contributed by atoms with van der Waals surface area (Å²) in [6.07, 6.45) is 0. The molecule has 23 heavy (non-hydrogen) atoms. The van der Waals surface area contributed by atoms with Crippen LogP contribution in [0.5, 0.6) is 11.5 Å². The third kappa shape index (κ3) is 4.88. The summed E-state index contributed by atoms with van der Waals surface area (Å²) in [7, 11) is 1.57. The molecule has 8 N–H and O–H groups in total. The molecule has 0 saturated heterocycles. The Balaban J connectivity index is 0.000000231. The molecule has 0 aliphatic carbocycles. The van der Waals surface area contributed by atoms with Crippen molar-refractivity contribution >= 4 is 22.7 Å². The molecule has 0 fully saturated rings. The van der Waals surface area contributed by atoms with E-state index in [1.165, 1.54) is 0 Å². The monoisotopic (exact) mass is 318 g/mol. The third-order valence-electron chi connectivity index (χ3n) is 3.24. The van der Waals surface area contributed by atoms with Gasteiger partial charge < -0.3 is 32.4 Å². The van der Waals surface area contributed by atoms with Gasteiger partial charge in [0.15, 0.2) is 0 Å². The van der Waals surface area contributed by atoms with E-state index in [0.717, 1.165) is 11.1 Å². The van der Waals surface area contributed by atoms with Crippen LogP contribution in [0.3, 0.4) is 0 Å². The van der Waals surface area contributed by atoms with Gasteiger partial charge in [0.1, 0.15) is 11.5 Å². The van der Waals surface area contributed by atoms with Crippen LogP contribution in [0.4, 0.5) is 22.7 Å². The lowest BCUT2D eigenvalue weighted by atomic mass is 10.2. The molecule has 2 rings (SSSR count). The quantitative estimate of drug-likeness (QED) is 0.645. The van der Waals surface area contributed by atoms with Crippen LogP contribution < -0.4 is 32.4 Å². The van der Waals surface area contributed by atoms with Crippen molar-refractivity contribution in [1.29, 1.82) is 0 Å². The zero-order valence-corrected chi connectivity index (χ0v) is 14.1. The Kier molecular flexibility index (Phi) is 6.38. The Morgan fingerprint density at radius 1 is 0.826 bits per heavy atom.